The second kappa shape index (κ2) is 5.94. The van der Waals surface area contributed by atoms with Gasteiger partial charge in [-0.1, -0.05) is 0 Å². The van der Waals surface area contributed by atoms with Crippen LogP contribution >= 0.6 is 0 Å². The van der Waals surface area contributed by atoms with Gasteiger partial charge in [-0.05, 0) is 25.9 Å². The molecule has 0 atom stereocenters. The summed E-state index contributed by atoms with van der Waals surface area (Å²) < 4.78 is 0. The molecule has 11 heavy (non-hydrogen) atoms. The predicted molar refractivity (Wildman–Crippen MR) is 40.7 cm³/mol. The van der Waals surface area contributed by atoms with Crippen LogP contribution in [0.15, 0.2) is 0 Å². The molecule has 0 aromatic carbocycles. The van der Waals surface area contributed by atoms with Crippen molar-refractivity contribution in [3.8, 4) is 0 Å². The first-order valence-corrected chi connectivity index (χ1v) is 3.51. The van der Waals surface area contributed by atoms with Crippen LogP contribution in [0.1, 0.15) is 12.8 Å². The van der Waals surface area contributed by atoms with Crippen LogP contribution in [-0.2, 0) is 0 Å². The molecule has 5 heteroatoms. The Kier molecular flexibility index (Phi) is 5.50. The summed E-state index contributed by atoms with van der Waals surface area (Å²) in [5, 5.41) is 17.2. The number of hydrogen-bond acceptors (Lipinski definition) is 3. The Bertz CT molecular complexity index is 108. The molecule has 1 rings (SSSR count). The molecular formula is C6H14N2O3. The van der Waals surface area contributed by atoms with E-state index in [-0.39, 0.29) is 0 Å². The smallest absolute Gasteiger partial charge is 0.450 e. The zero-order chi connectivity index (χ0) is 8.69. The van der Waals surface area contributed by atoms with Crippen LogP contribution < -0.4 is 11.1 Å². The fourth-order valence-corrected chi connectivity index (χ4v) is 0.844. The van der Waals surface area contributed by atoms with E-state index in [9.17, 15) is 0 Å². The molecule has 0 radical (unpaired) electrons. The van der Waals surface area contributed by atoms with Gasteiger partial charge in [-0.15, -0.1) is 0 Å². The molecule has 1 aliphatic rings. The predicted octanol–water partition coefficient (Wildman–Crippen LogP) is -0.0805. The van der Waals surface area contributed by atoms with Crippen LogP contribution in [0.4, 0.5) is 4.79 Å². The summed E-state index contributed by atoms with van der Waals surface area (Å²) in [6.07, 6.45) is 0.472. The van der Waals surface area contributed by atoms with Crippen LogP contribution in [0.5, 0.6) is 0 Å². The minimum atomic E-state index is -1.83. The summed E-state index contributed by atoms with van der Waals surface area (Å²) in [7, 11) is 0. The first-order valence-electron chi connectivity index (χ1n) is 3.51. The Morgan fingerprint density at radius 3 is 1.91 bits per heavy atom. The van der Waals surface area contributed by atoms with Crippen molar-refractivity contribution in [1.29, 1.82) is 0 Å². The minimum absolute atomic E-state index is 0.473. The second-order valence-electron chi connectivity index (χ2n) is 2.37. The SMILES string of the molecule is NC1CCNCC1.O=C(O)O. The summed E-state index contributed by atoms with van der Waals surface area (Å²) in [6, 6.07) is 0.473. The highest BCUT2D eigenvalue weighted by Crippen LogP contribution is 1.96. The average molecular weight is 162 g/mol. The van der Waals surface area contributed by atoms with Crippen molar-refractivity contribution in [1.82, 2.24) is 5.32 Å². The maximum absolute atomic E-state index is 8.56. The number of nitrogens with one attached hydrogen (secondary N) is 1. The van der Waals surface area contributed by atoms with Gasteiger partial charge in [0.25, 0.3) is 0 Å². The normalized spacial score (nSPS) is 18.3. The van der Waals surface area contributed by atoms with E-state index in [1.54, 1.807) is 0 Å². The summed E-state index contributed by atoms with van der Waals surface area (Å²) in [5.74, 6) is 0. The van der Waals surface area contributed by atoms with Crippen molar-refractivity contribution in [2.45, 2.75) is 18.9 Å². The zero-order valence-electron chi connectivity index (χ0n) is 6.29. The molecule has 5 nitrogen and oxygen atoms in total. The van der Waals surface area contributed by atoms with Crippen molar-refractivity contribution in [3.05, 3.63) is 0 Å². The fourth-order valence-electron chi connectivity index (χ4n) is 0.844. The molecule has 1 heterocycles. The fraction of sp³-hybridized carbons (Fsp3) is 0.833. The van der Waals surface area contributed by atoms with Crippen molar-refractivity contribution in [3.63, 3.8) is 0 Å². The molecule has 0 unspecified atom stereocenters. The highest BCUT2D eigenvalue weighted by atomic mass is 16.6. The highest BCUT2D eigenvalue weighted by molar-refractivity contribution is 5.53. The number of piperidine rings is 1. The lowest BCUT2D eigenvalue weighted by Gasteiger charge is -2.17. The largest absolute Gasteiger partial charge is 0.503 e. The van der Waals surface area contributed by atoms with Crippen LogP contribution in [-0.4, -0.2) is 35.5 Å². The first kappa shape index (κ1) is 10.2. The third-order valence-corrected chi connectivity index (χ3v) is 1.38. The van der Waals surface area contributed by atoms with Gasteiger partial charge in [0.05, 0.1) is 0 Å². The van der Waals surface area contributed by atoms with Crippen LogP contribution in [0.25, 0.3) is 0 Å². The van der Waals surface area contributed by atoms with Crippen molar-refractivity contribution < 1.29 is 15.0 Å². The molecule has 5 N–H and O–H groups in total. The maximum atomic E-state index is 8.56. The maximum Gasteiger partial charge on any atom is 0.503 e. The summed E-state index contributed by atoms with van der Waals surface area (Å²) in [6.45, 7) is 2.22. The Balaban J connectivity index is 0.000000218. The second-order valence-corrected chi connectivity index (χ2v) is 2.37. The first-order chi connectivity index (χ1) is 5.13. The standard InChI is InChI=1S/C5H12N2.CH2O3/c6-5-1-3-7-4-2-5;2-1(3)4/h5,7H,1-4,6H2;(H2,2,3,4). The van der Waals surface area contributed by atoms with E-state index < -0.39 is 6.16 Å². The molecule has 0 saturated carbocycles. The summed E-state index contributed by atoms with van der Waals surface area (Å²) >= 11 is 0. The van der Waals surface area contributed by atoms with Crippen LogP contribution in [0.3, 0.4) is 0 Å². The molecule has 66 valence electrons. The average Bonchev–Trinajstić information content (AvgIpc) is 1.87. The third kappa shape index (κ3) is 9.19. The third-order valence-electron chi connectivity index (χ3n) is 1.38. The quantitative estimate of drug-likeness (QED) is 0.399. The number of carbonyl (C=O) groups is 1. The molecule has 1 aliphatic heterocycles. The van der Waals surface area contributed by atoms with E-state index in [2.05, 4.69) is 5.32 Å². The molecule has 0 amide bonds. The Hall–Kier alpha value is -0.810. The number of rotatable bonds is 0. The van der Waals surface area contributed by atoms with Gasteiger partial charge in [0.1, 0.15) is 0 Å². The molecule has 1 fully saturated rings. The van der Waals surface area contributed by atoms with Gasteiger partial charge in [-0.25, -0.2) is 4.79 Å². The van der Waals surface area contributed by atoms with Gasteiger partial charge >= 0.3 is 6.16 Å². The Morgan fingerprint density at radius 1 is 1.36 bits per heavy atom. The van der Waals surface area contributed by atoms with Crippen molar-refractivity contribution in [2.24, 2.45) is 5.73 Å². The van der Waals surface area contributed by atoms with E-state index in [1.165, 1.54) is 0 Å². The van der Waals surface area contributed by atoms with E-state index in [4.69, 9.17) is 20.7 Å². The number of hydrogen-bond donors (Lipinski definition) is 4. The van der Waals surface area contributed by atoms with E-state index in [0.717, 1.165) is 25.9 Å². The van der Waals surface area contributed by atoms with Gasteiger partial charge in [0.2, 0.25) is 0 Å². The van der Waals surface area contributed by atoms with Gasteiger partial charge in [-0.2, -0.15) is 0 Å². The van der Waals surface area contributed by atoms with Crippen molar-refractivity contribution >= 4 is 6.16 Å². The molecule has 0 aromatic rings. The monoisotopic (exact) mass is 162 g/mol. The lowest BCUT2D eigenvalue weighted by Crippen LogP contribution is -2.35. The summed E-state index contributed by atoms with van der Waals surface area (Å²) in [5.41, 5.74) is 5.59. The van der Waals surface area contributed by atoms with E-state index in [0.29, 0.717) is 6.04 Å². The molecule has 1 saturated heterocycles. The molecule has 0 aliphatic carbocycles. The van der Waals surface area contributed by atoms with Gasteiger partial charge in [0.15, 0.2) is 0 Å². The van der Waals surface area contributed by atoms with Gasteiger partial charge < -0.3 is 21.3 Å². The zero-order valence-corrected chi connectivity index (χ0v) is 6.29. The summed E-state index contributed by atoms with van der Waals surface area (Å²) in [4.78, 5) is 8.56. The van der Waals surface area contributed by atoms with Gasteiger partial charge in [-0.3, -0.25) is 0 Å². The number of nitrogens with two attached hydrogens (primary N) is 1. The molecule has 0 spiro atoms. The molecule has 0 aromatic heterocycles. The van der Waals surface area contributed by atoms with Crippen LogP contribution in [0, 0.1) is 0 Å². The van der Waals surface area contributed by atoms with Crippen molar-refractivity contribution in [2.75, 3.05) is 13.1 Å². The topological polar surface area (TPSA) is 95.6 Å². The minimum Gasteiger partial charge on any atom is -0.450 e. The molecule has 0 bridgehead atoms. The van der Waals surface area contributed by atoms with Crippen LogP contribution in [0.2, 0.25) is 0 Å². The number of carboxylic acid groups (broad SMARTS) is 2. The van der Waals surface area contributed by atoms with E-state index in [1.807, 2.05) is 0 Å². The molecular weight excluding hydrogens is 148 g/mol. The van der Waals surface area contributed by atoms with E-state index >= 15 is 0 Å². The lowest BCUT2D eigenvalue weighted by atomic mass is 10.1. The van der Waals surface area contributed by atoms with Gasteiger partial charge in [0, 0.05) is 6.04 Å². The Morgan fingerprint density at radius 2 is 1.73 bits per heavy atom. The Labute approximate surface area is 65.2 Å². The lowest BCUT2D eigenvalue weighted by molar-refractivity contribution is 0.137. The highest BCUT2D eigenvalue weighted by Gasteiger charge is 2.05.